The highest BCUT2D eigenvalue weighted by molar-refractivity contribution is 7.89. The lowest BCUT2D eigenvalue weighted by Gasteiger charge is -2.31. The Bertz CT molecular complexity index is 633. The van der Waals surface area contributed by atoms with E-state index >= 15 is 0 Å². The molecule has 0 radical (unpaired) electrons. The van der Waals surface area contributed by atoms with Crippen LogP contribution >= 0.6 is 0 Å². The van der Waals surface area contributed by atoms with Crippen molar-refractivity contribution in [1.29, 1.82) is 0 Å². The van der Waals surface area contributed by atoms with Crippen molar-refractivity contribution in [3.63, 3.8) is 0 Å². The van der Waals surface area contributed by atoms with Gasteiger partial charge < -0.3 is 10.5 Å². The average molecular weight is 331 g/mol. The predicted molar refractivity (Wildman–Crippen MR) is 82.3 cm³/mol. The fraction of sp³-hybridized carbons (Fsp3) is 0.538. The number of nitrogens with zero attached hydrogens (tertiary/aromatic N) is 1. The van der Waals surface area contributed by atoms with Crippen LogP contribution < -0.4 is 15.2 Å². The molecule has 0 bridgehead atoms. The fourth-order valence-electron chi connectivity index (χ4n) is 2.04. The lowest BCUT2D eigenvalue weighted by atomic mass is 9.95. The maximum absolute atomic E-state index is 12.5. The minimum Gasteiger partial charge on any atom is -0.490 e. The van der Waals surface area contributed by atoms with Gasteiger partial charge in [0, 0.05) is 24.2 Å². The van der Waals surface area contributed by atoms with Crippen LogP contribution in [-0.4, -0.2) is 32.5 Å². The zero-order chi connectivity index (χ0) is 17.0. The molecule has 0 atom stereocenters. The maximum Gasteiger partial charge on any atom is 0.310 e. The van der Waals surface area contributed by atoms with Gasteiger partial charge in [-0.05, 0) is 18.9 Å². The molecule has 0 heterocycles. The van der Waals surface area contributed by atoms with Gasteiger partial charge >= 0.3 is 5.69 Å². The number of nitro groups is 1. The molecular weight excluding hydrogens is 310 g/mol. The van der Waals surface area contributed by atoms with Crippen LogP contribution in [0.2, 0.25) is 0 Å². The Morgan fingerprint density at radius 3 is 2.36 bits per heavy atom. The first-order valence-corrected chi connectivity index (χ1v) is 8.30. The lowest BCUT2D eigenvalue weighted by Crippen LogP contribution is -2.52. The van der Waals surface area contributed by atoms with Crippen molar-refractivity contribution in [2.24, 2.45) is 5.73 Å². The first-order valence-electron chi connectivity index (χ1n) is 6.81. The summed E-state index contributed by atoms with van der Waals surface area (Å²) in [6.45, 7) is 3.84. The largest absolute Gasteiger partial charge is 0.490 e. The molecule has 3 N–H and O–H groups in total. The predicted octanol–water partition coefficient (Wildman–Crippen LogP) is 1.40. The topological polar surface area (TPSA) is 125 Å². The molecule has 0 aliphatic rings. The van der Waals surface area contributed by atoms with Crippen LogP contribution in [0.3, 0.4) is 0 Å². The van der Waals surface area contributed by atoms with Gasteiger partial charge in [-0.1, -0.05) is 13.8 Å². The van der Waals surface area contributed by atoms with Crippen molar-refractivity contribution < 1.29 is 18.1 Å². The number of hydrogen-bond donors (Lipinski definition) is 2. The number of methoxy groups -OCH3 is 1. The van der Waals surface area contributed by atoms with Gasteiger partial charge in [-0.25, -0.2) is 13.1 Å². The number of ether oxygens (including phenoxy) is 1. The number of sulfonamides is 1. The van der Waals surface area contributed by atoms with Crippen molar-refractivity contribution in [2.75, 3.05) is 13.7 Å². The van der Waals surface area contributed by atoms with Gasteiger partial charge in [0.2, 0.25) is 10.0 Å². The van der Waals surface area contributed by atoms with Gasteiger partial charge in [0.25, 0.3) is 0 Å². The SMILES string of the molecule is CCC(CC)(CN)NS(=O)(=O)c1ccc([N+](=O)[O-])c(OC)c1. The molecule has 0 aromatic heterocycles. The average Bonchev–Trinajstić information content (AvgIpc) is 2.51. The van der Waals surface area contributed by atoms with E-state index in [0.717, 1.165) is 12.1 Å². The molecule has 124 valence electrons. The zero-order valence-corrected chi connectivity index (χ0v) is 13.6. The molecule has 1 aromatic carbocycles. The minimum atomic E-state index is -3.86. The highest BCUT2D eigenvalue weighted by atomic mass is 32.2. The van der Waals surface area contributed by atoms with Gasteiger partial charge in [0.15, 0.2) is 5.75 Å². The van der Waals surface area contributed by atoms with E-state index in [9.17, 15) is 18.5 Å². The van der Waals surface area contributed by atoms with Crippen molar-refractivity contribution in [2.45, 2.75) is 37.1 Å². The first-order chi connectivity index (χ1) is 10.2. The summed E-state index contributed by atoms with van der Waals surface area (Å²) < 4.78 is 32.5. The van der Waals surface area contributed by atoms with Gasteiger partial charge in [0.05, 0.1) is 16.9 Å². The smallest absolute Gasteiger partial charge is 0.310 e. The first kappa shape index (κ1) is 18.3. The van der Waals surface area contributed by atoms with E-state index in [0.29, 0.717) is 12.8 Å². The molecule has 1 rings (SSSR count). The summed E-state index contributed by atoms with van der Waals surface area (Å²) in [4.78, 5) is 10.1. The van der Waals surface area contributed by atoms with Crippen LogP contribution in [0.15, 0.2) is 23.1 Å². The Morgan fingerprint density at radius 2 is 1.95 bits per heavy atom. The second-order valence-corrected chi connectivity index (χ2v) is 6.57. The Hall–Kier alpha value is -1.71. The normalized spacial score (nSPS) is 12.2. The lowest BCUT2D eigenvalue weighted by molar-refractivity contribution is -0.385. The van der Waals surface area contributed by atoms with Gasteiger partial charge in [-0.2, -0.15) is 0 Å². The molecule has 0 saturated carbocycles. The molecule has 0 fully saturated rings. The third kappa shape index (κ3) is 3.73. The molecule has 0 spiro atoms. The van der Waals surface area contributed by atoms with Crippen LogP contribution in [0.5, 0.6) is 5.75 Å². The second-order valence-electron chi connectivity index (χ2n) is 4.89. The highest BCUT2D eigenvalue weighted by Crippen LogP contribution is 2.30. The summed E-state index contributed by atoms with van der Waals surface area (Å²) in [6.07, 6.45) is 1.06. The van der Waals surface area contributed by atoms with Crippen LogP contribution in [0.25, 0.3) is 0 Å². The third-order valence-corrected chi connectivity index (χ3v) is 5.33. The summed E-state index contributed by atoms with van der Waals surface area (Å²) >= 11 is 0. The molecule has 0 aliphatic heterocycles. The standard InChI is InChI=1S/C13H21N3O5S/c1-4-13(5-2,9-14)15-22(19,20)10-6-7-11(16(17)18)12(8-10)21-3/h6-8,15H,4-5,9,14H2,1-3H3. The van der Waals surface area contributed by atoms with Crippen molar-refractivity contribution in [1.82, 2.24) is 4.72 Å². The Morgan fingerprint density at radius 1 is 1.36 bits per heavy atom. The number of hydrogen-bond acceptors (Lipinski definition) is 6. The number of nitrogens with one attached hydrogen (secondary N) is 1. The molecule has 1 aromatic rings. The summed E-state index contributed by atoms with van der Waals surface area (Å²) in [5.41, 5.74) is 4.66. The van der Waals surface area contributed by atoms with Gasteiger partial charge in [0.1, 0.15) is 0 Å². The number of rotatable bonds is 8. The maximum atomic E-state index is 12.5. The monoisotopic (exact) mass is 331 g/mol. The Kier molecular flexibility index (Phi) is 5.86. The summed E-state index contributed by atoms with van der Waals surface area (Å²) in [5.74, 6) is -0.112. The van der Waals surface area contributed by atoms with Gasteiger partial charge in [-0.3, -0.25) is 10.1 Å². The Balaban J connectivity index is 3.26. The zero-order valence-electron chi connectivity index (χ0n) is 12.8. The van der Waals surface area contributed by atoms with E-state index in [-0.39, 0.29) is 22.9 Å². The quantitative estimate of drug-likeness (QED) is 0.548. The Labute approximate surface area is 129 Å². The molecule has 0 amide bonds. The van der Waals surface area contributed by atoms with Crippen LogP contribution in [-0.2, 0) is 10.0 Å². The highest BCUT2D eigenvalue weighted by Gasteiger charge is 2.31. The number of nitro benzene ring substituents is 1. The second kappa shape index (κ2) is 7.03. The van der Waals surface area contributed by atoms with E-state index in [1.165, 1.54) is 13.2 Å². The summed E-state index contributed by atoms with van der Waals surface area (Å²) in [6, 6.07) is 3.41. The molecular formula is C13H21N3O5S. The van der Waals surface area contributed by atoms with Crippen LogP contribution in [0.4, 0.5) is 5.69 Å². The van der Waals surface area contributed by atoms with Gasteiger partial charge in [-0.15, -0.1) is 0 Å². The van der Waals surface area contributed by atoms with Crippen molar-refractivity contribution >= 4 is 15.7 Å². The molecule has 8 nitrogen and oxygen atoms in total. The number of benzene rings is 1. The van der Waals surface area contributed by atoms with Crippen molar-refractivity contribution in [3.8, 4) is 5.75 Å². The molecule has 9 heteroatoms. The van der Waals surface area contributed by atoms with E-state index in [1.807, 2.05) is 13.8 Å². The fourth-order valence-corrected chi connectivity index (χ4v) is 3.61. The molecule has 22 heavy (non-hydrogen) atoms. The van der Waals surface area contributed by atoms with E-state index in [2.05, 4.69) is 4.72 Å². The van der Waals surface area contributed by atoms with E-state index in [4.69, 9.17) is 10.5 Å². The molecule has 0 aliphatic carbocycles. The molecule has 0 unspecified atom stereocenters. The van der Waals surface area contributed by atoms with Crippen LogP contribution in [0, 0.1) is 10.1 Å². The van der Waals surface area contributed by atoms with E-state index < -0.39 is 20.5 Å². The molecule has 0 saturated heterocycles. The van der Waals surface area contributed by atoms with E-state index in [1.54, 1.807) is 0 Å². The third-order valence-electron chi connectivity index (χ3n) is 3.75. The summed E-state index contributed by atoms with van der Waals surface area (Å²) in [5, 5.41) is 10.9. The minimum absolute atomic E-state index is 0.102. The van der Waals surface area contributed by atoms with Crippen molar-refractivity contribution in [3.05, 3.63) is 28.3 Å². The summed E-state index contributed by atoms with van der Waals surface area (Å²) in [7, 11) is -2.62. The van der Waals surface area contributed by atoms with Crippen LogP contribution in [0.1, 0.15) is 26.7 Å². The number of nitrogens with two attached hydrogens (primary N) is 1.